The van der Waals surface area contributed by atoms with Gasteiger partial charge in [0, 0.05) is 23.2 Å². The molecule has 2 aromatic rings. The summed E-state index contributed by atoms with van der Waals surface area (Å²) in [6.07, 6.45) is 3.46. The van der Waals surface area contributed by atoms with E-state index in [1.54, 1.807) is 20.3 Å². The standard InChI is InChI=1S/C26H33N3O4/c1-28(2)11-6-12-29(3)17-25(30)27-21-9-7-18(8-10-21)13-20-14-19-15-23(32-4)24(33-5)16-22(19)26(20)31/h7-10,13,15-16H,6,11-12,14,17H2,1-5H3,(H,27,30)/b20-13+. The summed E-state index contributed by atoms with van der Waals surface area (Å²) in [4.78, 5) is 29.3. The number of rotatable bonds is 10. The second-order valence-corrected chi connectivity index (χ2v) is 8.60. The van der Waals surface area contributed by atoms with Gasteiger partial charge in [0.25, 0.3) is 0 Å². The number of ether oxygens (including phenoxy) is 2. The average molecular weight is 452 g/mol. The number of hydrogen-bond acceptors (Lipinski definition) is 6. The van der Waals surface area contributed by atoms with E-state index in [0.29, 0.717) is 30.0 Å². The lowest BCUT2D eigenvalue weighted by atomic mass is 10.1. The van der Waals surface area contributed by atoms with Gasteiger partial charge in [0.05, 0.1) is 20.8 Å². The molecule has 0 fully saturated rings. The van der Waals surface area contributed by atoms with E-state index in [2.05, 4.69) is 10.2 Å². The van der Waals surface area contributed by atoms with Crippen LogP contribution in [0.1, 0.15) is 27.9 Å². The van der Waals surface area contributed by atoms with Crippen LogP contribution in [0.2, 0.25) is 0 Å². The van der Waals surface area contributed by atoms with Gasteiger partial charge in [0.1, 0.15) is 0 Å². The summed E-state index contributed by atoms with van der Waals surface area (Å²) in [6.45, 7) is 2.21. The van der Waals surface area contributed by atoms with Crippen LogP contribution in [-0.2, 0) is 11.2 Å². The van der Waals surface area contributed by atoms with Gasteiger partial charge in [0.2, 0.25) is 5.91 Å². The number of methoxy groups -OCH3 is 2. The number of amides is 1. The van der Waals surface area contributed by atoms with Gasteiger partial charge in [-0.2, -0.15) is 0 Å². The van der Waals surface area contributed by atoms with E-state index in [0.717, 1.165) is 41.9 Å². The SMILES string of the molecule is COc1cc2c(cc1OC)C(=O)/C(=C/c1ccc(NC(=O)CN(C)CCCN(C)C)cc1)C2. The Kier molecular flexibility index (Phi) is 8.25. The van der Waals surface area contributed by atoms with Crippen molar-refractivity contribution in [2.45, 2.75) is 12.8 Å². The van der Waals surface area contributed by atoms with E-state index >= 15 is 0 Å². The number of fused-ring (bicyclic) bond motifs is 1. The molecule has 1 aliphatic rings. The van der Waals surface area contributed by atoms with E-state index in [9.17, 15) is 9.59 Å². The number of ketones is 1. The maximum absolute atomic E-state index is 12.9. The molecule has 0 radical (unpaired) electrons. The Hall–Kier alpha value is -3.16. The smallest absolute Gasteiger partial charge is 0.238 e. The number of allylic oxidation sites excluding steroid dienone is 1. The molecule has 7 nitrogen and oxygen atoms in total. The van der Waals surface area contributed by atoms with Gasteiger partial charge in [0.15, 0.2) is 17.3 Å². The zero-order valence-corrected chi connectivity index (χ0v) is 20.1. The lowest BCUT2D eigenvalue weighted by Gasteiger charge is -2.17. The summed E-state index contributed by atoms with van der Waals surface area (Å²) in [5.74, 6) is 1.13. The summed E-state index contributed by atoms with van der Waals surface area (Å²) in [7, 11) is 9.18. The molecule has 0 saturated heterocycles. The largest absolute Gasteiger partial charge is 0.493 e. The molecule has 2 aromatic carbocycles. The minimum Gasteiger partial charge on any atom is -0.493 e. The third-order valence-electron chi connectivity index (χ3n) is 5.62. The molecule has 1 aliphatic carbocycles. The summed E-state index contributed by atoms with van der Waals surface area (Å²) >= 11 is 0. The Labute approximate surface area is 196 Å². The molecular formula is C26H33N3O4. The highest BCUT2D eigenvalue weighted by Crippen LogP contribution is 2.37. The van der Waals surface area contributed by atoms with Gasteiger partial charge in [-0.25, -0.2) is 0 Å². The molecule has 0 aliphatic heterocycles. The van der Waals surface area contributed by atoms with Crippen LogP contribution in [-0.4, -0.2) is 76.5 Å². The molecule has 176 valence electrons. The van der Waals surface area contributed by atoms with Crippen LogP contribution in [0.25, 0.3) is 6.08 Å². The second kappa shape index (κ2) is 11.1. The first-order valence-electron chi connectivity index (χ1n) is 11.0. The molecule has 0 spiro atoms. The van der Waals surface area contributed by atoms with Crippen molar-refractivity contribution >= 4 is 23.5 Å². The first kappa shape index (κ1) is 24.5. The summed E-state index contributed by atoms with van der Waals surface area (Å²) < 4.78 is 10.7. The molecule has 0 bridgehead atoms. The number of Topliss-reactive ketones (excluding diaryl/α,β-unsaturated/α-hetero) is 1. The Morgan fingerprint density at radius 2 is 1.70 bits per heavy atom. The van der Waals surface area contributed by atoms with Crippen LogP contribution >= 0.6 is 0 Å². The number of benzene rings is 2. The third-order valence-corrected chi connectivity index (χ3v) is 5.62. The lowest BCUT2D eigenvalue weighted by Crippen LogP contribution is -2.32. The van der Waals surface area contributed by atoms with Crippen molar-refractivity contribution in [1.82, 2.24) is 9.80 Å². The van der Waals surface area contributed by atoms with Crippen molar-refractivity contribution in [2.24, 2.45) is 0 Å². The zero-order chi connectivity index (χ0) is 24.0. The molecule has 0 unspecified atom stereocenters. The predicted octanol–water partition coefficient (Wildman–Crippen LogP) is 3.35. The highest BCUT2D eigenvalue weighted by Gasteiger charge is 2.27. The van der Waals surface area contributed by atoms with E-state index in [4.69, 9.17) is 9.47 Å². The molecule has 33 heavy (non-hydrogen) atoms. The van der Waals surface area contributed by atoms with Crippen LogP contribution < -0.4 is 14.8 Å². The van der Waals surface area contributed by atoms with Gasteiger partial charge >= 0.3 is 0 Å². The minimum absolute atomic E-state index is 0.000589. The molecular weight excluding hydrogens is 418 g/mol. The Balaban J connectivity index is 1.60. The second-order valence-electron chi connectivity index (χ2n) is 8.60. The van der Waals surface area contributed by atoms with Crippen molar-refractivity contribution in [3.05, 3.63) is 58.7 Å². The van der Waals surface area contributed by atoms with Crippen LogP contribution in [0, 0.1) is 0 Å². The number of hydrogen-bond donors (Lipinski definition) is 1. The first-order chi connectivity index (χ1) is 15.8. The fraction of sp³-hybridized carbons (Fsp3) is 0.385. The van der Waals surface area contributed by atoms with Crippen LogP contribution in [0.15, 0.2) is 42.0 Å². The molecule has 0 heterocycles. The predicted molar refractivity (Wildman–Crippen MR) is 131 cm³/mol. The van der Waals surface area contributed by atoms with Gasteiger partial charge in [-0.1, -0.05) is 12.1 Å². The van der Waals surface area contributed by atoms with Gasteiger partial charge in [-0.15, -0.1) is 0 Å². The molecule has 0 aromatic heterocycles. The number of carbonyl (C=O) groups is 2. The summed E-state index contributed by atoms with van der Waals surface area (Å²) in [6, 6.07) is 11.1. The Bertz CT molecular complexity index is 1030. The quantitative estimate of drug-likeness (QED) is 0.559. The maximum atomic E-state index is 12.9. The highest BCUT2D eigenvalue weighted by atomic mass is 16.5. The van der Waals surface area contributed by atoms with Crippen LogP contribution in [0.3, 0.4) is 0 Å². The fourth-order valence-corrected chi connectivity index (χ4v) is 3.90. The molecule has 1 N–H and O–H groups in total. The zero-order valence-electron chi connectivity index (χ0n) is 20.1. The number of nitrogens with one attached hydrogen (secondary N) is 1. The van der Waals surface area contributed by atoms with Crippen LogP contribution in [0.4, 0.5) is 5.69 Å². The van der Waals surface area contributed by atoms with E-state index < -0.39 is 0 Å². The van der Waals surface area contributed by atoms with Gasteiger partial charge < -0.3 is 19.7 Å². The van der Waals surface area contributed by atoms with Crippen molar-refractivity contribution in [1.29, 1.82) is 0 Å². The van der Waals surface area contributed by atoms with Crippen LogP contribution in [0.5, 0.6) is 11.5 Å². The first-order valence-corrected chi connectivity index (χ1v) is 11.0. The summed E-state index contributed by atoms with van der Waals surface area (Å²) in [5, 5.41) is 2.93. The van der Waals surface area contributed by atoms with Crippen molar-refractivity contribution in [3.63, 3.8) is 0 Å². The molecule has 7 heteroatoms. The molecule has 0 saturated carbocycles. The van der Waals surface area contributed by atoms with Gasteiger partial charge in [-0.05, 0) is 82.1 Å². The Morgan fingerprint density at radius 3 is 2.33 bits per heavy atom. The van der Waals surface area contributed by atoms with Crippen molar-refractivity contribution in [3.8, 4) is 11.5 Å². The minimum atomic E-state index is -0.0437. The van der Waals surface area contributed by atoms with Crippen molar-refractivity contribution in [2.75, 3.05) is 60.3 Å². The lowest BCUT2D eigenvalue weighted by molar-refractivity contribution is -0.117. The number of anilines is 1. The maximum Gasteiger partial charge on any atom is 0.238 e. The van der Waals surface area contributed by atoms with E-state index in [1.165, 1.54) is 0 Å². The Morgan fingerprint density at radius 1 is 1.03 bits per heavy atom. The number of nitrogens with zero attached hydrogens (tertiary/aromatic N) is 2. The third kappa shape index (κ3) is 6.43. The molecule has 0 atom stereocenters. The normalized spacial score (nSPS) is 14.2. The summed E-state index contributed by atoms with van der Waals surface area (Å²) in [5.41, 5.74) is 3.94. The molecule has 3 rings (SSSR count). The monoisotopic (exact) mass is 451 g/mol. The van der Waals surface area contributed by atoms with Crippen molar-refractivity contribution < 1.29 is 19.1 Å². The average Bonchev–Trinajstić information content (AvgIpc) is 3.08. The topological polar surface area (TPSA) is 71.1 Å². The van der Waals surface area contributed by atoms with E-state index in [-0.39, 0.29) is 11.7 Å². The molecule has 1 amide bonds. The fourth-order valence-electron chi connectivity index (χ4n) is 3.90. The van der Waals surface area contributed by atoms with E-state index in [1.807, 2.05) is 62.5 Å². The number of likely N-dealkylation sites (N-methyl/N-ethyl adjacent to an activating group) is 1. The number of carbonyl (C=O) groups excluding carboxylic acids is 2. The van der Waals surface area contributed by atoms with Gasteiger partial charge in [-0.3, -0.25) is 14.5 Å². The highest BCUT2D eigenvalue weighted by molar-refractivity contribution is 6.16.